The summed E-state index contributed by atoms with van der Waals surface area (Å²) in [6.07, 6.45) is 0. The number of H-pyrrole nitrogens is 1. The predicted molar refractivity (Wildman–Crippen MR) is 124 cm³/mol. The molecular weight excluding hydrogens is 402 g/mol. The molecule has 7 nitrogen and oxygen atoms in total. The van der Waals surface area contributed by atoms with Crippen molar-refractivity contribution in [3.05, 3.63) is 107 Å². The van der Waals surface area contributed by atoms with Crippen molar-refractivity contribution in [2.75, 3.05) is 5.32 Å². The van der Waals surface area contributed by atoms with Crippen LogP contribution >= 0.6 is 0 Å². The molecule has 0 fully saturated rings. The Morgan fingerprint density at radius 2 is 1.72 bits per heavy atom. The summed E-state index contributed by atoms with van der Waals surface area (Å²) in [5.41, 5.74) is 3.97. The Hall–Kier alpha value is -4.52. The van der Waals surface area contributed by atoms with Crippen LogP contribution < -0.4 is 10.7 Å². The summed E-state index contributed by atoms with van der Waals surface area (Å²) in [5.74, 6) is 0.128. The van der Waals surface area contributed by atoms with Gasteiger partial charge >= 0.3 is 0 Å². The number of para-hydroxylation sites is 3. The number of imidazole rings is 1. The fraction of sp³-hybridized carbons (Fsp3) is 0.0400. The molecule has 0 aliphatic carbocycles. The molecule has 3 aromatic carbocycles. The highest BCUT2D eigenvalue weighted by atomic mass is 16.2. The Labute approximate surface area is 183 Å². The summed E-state index contributed by atoms with van der Waals surface area (Å²) in [4.78, 5) is 33.3. The lowest BCUT2D eigenvalue weighted by Gasteiger charge is -2.11. The van der Waals surface area contributed by atoms with Gasteiger partial charge in [0.1, 0.15) is 5.82 Å². The fourth-order valence-electron chi connectivity index (χ4n) is 3.56. The molecule has 0 spiro atoms. The van der Waals surface area contributed by atoms with Gasteiger partial charge in [-0.1, -0.05) is 42.5 Å². The van der Waals surface area contributed by atoms with Gasteiger partial charge in [-0.25, -0.2) is 9.67 Å². The van der Waals surface area contributed by atoms with Crippen molar-refractivity contribution in [2.45, 2.75) is 6.92 Å². The largest absolute Gasteiger partial charge is 0.338 e. The fourth-order valence-corrected chi connectivity index (χ4v) is 3.56. The molecule has 7 heteroatoms. The number of aromatic amines is 1. The van der Waals surface area contributed by atoms with E-state index in [0.717, 1.165) is 22.3 Å². The highest BCUT2D eigenvalue weighted by molar-refractivity contribution is 6.03. The minimum absolute atomic E-state index is 0.173. The summed E-state index contributed by atoms with van der Waals surface area (Å²) >= 11 is 0. The zero-order valence-corrected chi connectivity index (χ0v) is 17.2. The quantitative estimate of drug-likeness (QED) is 0.452. The maximum Gasteiger partial charge on any atom is 0.280 e. The van der Waals surface area contributed by atoms with Crippen LogP contribution in [0.25, 0.3) is 28.1 Å². The predicted octanol–water partition coefficient (Wildman–Crippen LogP) is 4.34. The van der Waals surface area contributed by atoms with Gasteiger partial charge < -0.3 is 10.3 Å². The molecule has 0 saturated heterocycles. The van der Waals surface area contributed by atoms with E-state index in [-0.39, 0.29) is 5.69 Å². The Morgan fingerprint density at radius 1 is 0.938 bits per heavy atom. The second-order valence-corrected chi connectivity index (χ2v) is 7.38. The third-order valence-electron chi connectivity index (χ3n) is 5.11. The standard InChI is InChI=1S/C25H19N5O2/c1-16-14-22(31)23(29-30(16)19-10-3-2-4-11-19)25(32)26-18-9-7-8-17(15-18)24-27-20-12-5-6-13-21(20)28-24/h2-15H,1H3,(H,26,32)(H,27,28). The molecule has 1 amide bonds. The highest BCUT2D eigenvalue weighted by Crippen LogP contribution is 2.23. The number of carbonyl (C=O) groups is 1. The van der Waals surface area contributed by atoms with E-state index in [4.69, 9.17) is 0 Å². The van der Waals surface area contributed by atoms with Gasteiger partial charge in [0, 0.05) is 23.0 Å². The monoisotopic (exact) mass is 421 g/mol. The second-order valence-electron chi connectivity index (χ2n) is 7.38. The van der Waals surface area contributed by atoms with Crippen LogP contribution in [0.15, 0.2) is 89.7 Å². The SMILES string of the molecule is Cc1cc(=O)c(C(=O)Nc2cccc(-c3nc4ccccc4[nH]3)c2)nn1-c1ccccc1. The van der Waals surface area contributed by atoms with Gasteiger partial charge in [0.25, 0.3) is 5.91 Å². The number of carbonyl (C=O) groups excluding carboxylic acids is 1. The van der Waals surface area contributed by atoms with Gasteiger partial charge in [-0.15, -0.1) is 0 Å². The smallest absolute Gasteiger partial charge is 0.280 e. The summed E-state index contributed by atoms with van der Waals surface area (Å²) in [5, 5.41) is 7.11. The van der Waals surface area contributed by atoms with Gasteiger partial charge in [0.05, 0.1) is 16.7 Å². The first-order valence-electron chi connectivity index (χ1n) is 10.1. The Kier molecular flexibility index (Phi) is 4.84. The average Bonchev–Trinajstić information content (AvgIpc) is 3.24. The molecule has 5 rings (SSSR count). The molecule has 2 aromatic heterocycles. The third kappa shape index (κ3) is 3.67. The topological polar surface area (TPSA) is 92.7 Å². The number of aromatic nitrogens is 4. The van der Waals surface area contributed by atoms with Crippen molar-refractivity contribution in [2.24, 2.45) is 0 Å². The van der Waals surface area contributed by atoms with Crippen LogP contribution in [-0.4, -0.2) is 25.7 Å². The highest BCUT2D eigenvalue weighted by Gasteiger charge is 2.16. The molecular formula is C25H19N5O2. The zero-order chi connectivity index (χ0) is 22.1. The Balaban J connectivity index is 1.45. The number of fused-ring (bicyclic) bond motifs is 1. The van der Waals surface area contributed by atoms with Crippen molar-refractivity contribution < 1.29 is 4.79 Å². The number of aryl methyl sites for hydroxylation is 1. The Morgan fingerprint density at radius 3 is 2.53 bits per heavy atom. The third-order valence-corrected chi connectivity index (χ3v) is 5.11. The van der Waals surface area contributed by atoms with E-state index in [1.54, 1.807) is 23.7 Å². The van der Waals surface area contributed by atoms with Gasteiger partial charge in [0.15, 0.2) is 5.69 Å². The summed E-state index contributed by atoms with van der Waals surface area (Å²) < 4.78 is 1.58. The maximum absolute atomic E-state index is 12.9. The zero-order valence-electron chi connectivity index (χ0n) is 17.2. The van der Waals surface area contributed by atoms with E-state index >= 15 is 0 Å². The van der Waals surface area contributed by atoms with Gasteiger partial charge in [0.2, 0.25) is 5.43 Å². The van der Waals surface area contributed by atoms with E-state index in [9.17, 15) is 9.59 Å². The number of hydrogen-bond donors (Lipinski definition) is 2. The van der Waals surface area contributed by atoms with Crippen LogP contribution in [0.3, 0.4) is 0 Å². The number of rotatable bonds is 4. The molecule has 156 valence electrons. The molecule has 32 heavy (non-hydrogen) atoms. The molecule has 2 N–H and O–H groups in total. The molecule has 0 bridgehead atoms. The molecule has 0 aliphatic heterocycles. The lowest BCUT2D eigenvalue weighted by atomic mass is 10.2. The molecule has 2 heterocycles. The first-order chi connectivity index (χ1) is 15.6. The van der Waals surface area contributed by atoms with Crippen LogP contribution in [-0.2, 0) is 0 Å². The molecule has 0 aliphatic rings. The van der Waals surface area contributed by atoms with Crippen molar-refractivity contribution in [3.63, 3.8) is 0 Å². The van der Waals surface area contributed by atoms with E-state index in [1.807, 2.05) is 66.7 Å². The van der Waals surface area contributed by atoms with Crippen LogP contribution in [0.5, 0.6) is 0 Å². The van der Waals surface area contributed by atoms with Crippen LogP contribution in [0, 0.1) is 6.92 Å². The molecule has 5 aromatic rings. The number of nitrogens with zero attached hydrogens (tertiary/aromatic N) is 3. The maximum atomic E-state index is 12.9. The van der Waals surface area contributed by atoms with Crippen molar-refractivity contribution in [1.82, 2.24) is 19.7 Å². The normalized spacial score (nSPS) is 10.9. The first-order valence-corrected chi connectivity index (χ1v) is 10.1. The molecule has 0 radical (unpaired) electrons. The first kappa shape index (κ1) is 19.4. The van der Waals surface area contributed by atoms with E-state index < -0.39 is 11.3 Å². The minimum Gasteiger partial charge on any atom is -0.338 e. The van der Waals surface area contributed by atoms with Crippen LogP contribution in [0.4, 0.5) is 5.69 Å². The van der Waals surface area contributed by atoms with Crippen LogP contribution in [0.1, 0.15) is 16.2 Å². The number of anilines is 1. The van der Waals surface area contributed by atoms with E-state index in [1.165, 1.54) is 6.07 Å². The lowest BCUT2D eigenvalue weighted by Crippen LogP contribution is -2.26. The average molecular weight is 421 g/mol. The van der Waals surface area contributed by atoms with Crippen molar-refractivity contribution in [3.8, 4) is 17.1 Å². The Bertz CT molecular complexity index is 1470. The second kappa shape index (κ2) is 7.96. The summed E-state index contributed by atoms with van der Waals surface area (Å²) in [6, 6.07) is 25.8. The summed E-state index contributed by atoms with van der Waals surface area (Å²) in [6.45, 7) is 1.78. The van der Waals surface area contributed by atoms with E-state index in [0.29, 0.717) is 17.2 Å². The van der Waals surface area contributed by atoms with E-state index in [2.05, 4.69) is 20.4 Å². The number of amides is 1. The number of hydrogen-bond acceptors (Lipinski definition) is 4. The minimum atomic E-state index is -0.568. The lowest BCUT2D eigenvalue weighted by molar-refractivity contribution is 0.101. The molecule has 0 atom stereocenters. The van der Waals surface area contributed by atoms with Crippen molar-refractivity contribution >= 4 is 22.6 Å². The molecule has 0 unspecified atom stereocenters. The van der Waals surface area contributed by atoms with Gasteiger partial charge in [-0.3, -0.25) is 9.59 Å². The van der Waals surface area contributed by atoms with Crippen molar-refractivity contribution in [1.29, 1.82) is 0 Å². The number of benzene rings is 3. The van der Waals surface area contributed by atoms with Gasteiger partial charge in [-0.2, -0.15) is 5.10 Å². The molecule has 0 saturated carbocycles. The van der Waals surface area contributed by atoms with Gasteiger partial charge in [-0.05, 0) is 43.3 Å². The van der Waals surface area contributed by atoms with Crippen LogP contribution in [0.2, 0.25) is 0 Å². The number of nitrogens with one attached hydrogen (secondary N) is 2. The summed E-state index contributed by atoms with van der Waals surface area (Å²) in [7, 11) is 0.